The van der Waals surface area contributed by atoms with E-state index in [1.54, 1.807) is 0 Å². The van der Waals surface area contributed by atoms with Crippen LogP contribution in [0.1, 0.15) is 43.7 Å². The van der Waals surface area contributed by atoms with Crippen molar-refractivity contribution >= 4 is 15.7 Å². The monoisotopic (exact) mass is 384 g/mol. The molecule has 4 nitrogen and oxygen atoms in total. The number of fused-ring (bicyclic) bond motifs is 5. The van der Waals surface area contributed by atoms with Crippen LogP contribution in [0.3, 0.4) is 0 Å². The second-order valence-electron chi connectivity index (χ2n) is 7.56. The molecule has 2 aliphatic carbocycles. The molecule has 1 saturated heterocycles. The van der Waals surface area contributed by atoms with Gasteiger partial charge in [-0.25, -0.2) is 8.42 Å². The van der Waals surface area contributed by atoms with Gasteiger partial charge in [-0.2, -0.15) is 18.4 Å². The number of benzene rings is 1. The van der Waals surface area contributed by atoms with Crippen molar-refractivity contribution in [2.45, 2.75) is 43.5 Å². The molecule has 0 amide bonds. The third-order valence-electron chi connectivity index (χ3n) is 6.76. The molecule has 1 aromatic rings. The topological polar surface area (TPSA) is 61.2 Å². The highest BCUT2D eigenvalue weighted by molar-refractivity contribution is 7.94. The Bertz CT molecular complexity index is 906. The fourth-order valence-corrected chi connectivity index (χ4v) is 8.52. The Morgan fingerprint density at radius 2 is 2.08 bits per heavy atom. The Kier molecular flexibility index (Phi) is 3.65. The zero-order chi connectivity index (χ0) is 18.9. The summed E-state index contributed by atoms with van der Waals surface area (Å²) in [5, 5.41) is 8.95. The minimum absolute atomic E-state index is 0.0120. The normalized spacial score (nSPS) is 34.7. The number of nitrogens with zero attached hydrogens (tertiary/aromatic N) is 2. The van der Waals surface area contributed by atoms with Crippen molar-refractivity contribution in [2.24, 2.45) is 17.8 Å². The van der Waals surface area contributed by atoms with Crippen molar-refractivity contribution < 1.29 is 21.6 Å². The number of halogens is 3. The maximum atomic E-state index is 13.4. The van der Waals surface area contributed by atoms with E-state index in [2.05, 4.69) is 0 Å². The highest BCUT2D eigenvalue weighted by atomic mass is 32.2. The Morgan fingerprint density at radius 1 is 1.35 bits per heavy atom. The SMILES string of the molecule is CC[C@@]12[C@@H]3CC[C@@H](C3)[C@@H]1CN(c1ccc(C#N)c(C(F)(F)F)c1)S2(=O)=O. The average molecular weight is 384 g/mol. The lowest BCUT2D eigenvalue weighted by Crippen LogP contribution is -2.47. The summed E-state index contributed by atoms with van der Waals surface area (Å²) >= 11 is 0. The lowest BCUT2D eigenvalue weighted by molar-refractivity contribution is -0.137. The van der Waals surface area contributed by atoms with Gasteiger partial charge in [-0.1, -0.05) is 6.92 Å². The minimum Gasteiger partial charge on any atom is -0.269 e. The summed E-state index contributed by atoms with van der Waals surface area (Å²) in [6, 6.07) is 4.72. The predicted octanol–water partition coefficient (Wildman–Crippen LogP) is 3.92. The summed E-state index contributed by atoms with van der Waals surface area (Å²) in [5.74, 6) is 0.402. The molecule has 3 aliphatic rings. The predicted molar refractivity (Wildman–Crippen MR) is 89.8 cm³/mol. The van der Waals surface area contributed by atoms with Crippen LogP contribution in [0.5, 0.6) is 0 Å². The number of sulfonamides is 1. The molecule has 4 rings (SSSR count). The molecule has 0 spiro atoms. The Balaban J connectivity index is 1.83. The van der Waals surface area contributed by atoms with E-state index < -0.39 is 32.1 Å². The van der Waals surface area contributed by atoms with E-state index in [1.165, 1.54) is 16.4 Å². The molecule has 0 unspecified atom stereocenters. The summed E-state index contributed by atoms with van der Waals surface area (Å²) in [6.45, 7) is 2.11. The maximum absolute atomic E-state index is 13.4. The van der Waals surface area contributed by atoms with Gasteiger partial charge >= 0.3 is 6.18 Å². The van der Waals surface area contributed by atoms with Crippen molar-refractivity contribution in [1.82, 2.24) is 0 Å². The summed E-state index contributed by atoms with van der Waals surface area (Å²) in [5.41, 5.74) is -1.57. The van der Waals surface area contributed by atoms with Crippen LogP contribution in [-0.2, 0) is 16.2 Å². The van der Waals surface area contributed by atoms with Crippen molar-refractivity contribution in [1.29, 1.82) is 5.26 Å². The number of rotatable bonds is 2. The lowest BCUT2D eigenvalue weighted by atomic mass is 9.77. The number of anilines is 1. The van der Waals surface area contributed by atoms with E-state index >= 15 is 0 Å². The fourth-order valence-electron chi connectivity index (χ4n) is 5.71. The summed E-state index contributed by atoms with van der Waals surface area (Å²) in [6.07, 6.45) is -1.43. The zero-order valence-corrected chi connectivity index (χ0v) is 15.1. The second kappa shape index (κ2) is 5.38. The molecule has 0 radical (unpaired) electrons. The van der Waals surface area contributed by atoms with Crippen molar-refractivity contribution in [3.63, 3.8) is 0 Å². The van der Waals surface area contributed by atoms with Gasteiger partial charge in [-0.05, 0) is 55.7 Å². The Morgan fingerprint density at radius 3 is 2.65 bits per heavy atom. The molecule has 140 valence electrons. The van der Waals surface area contributed by atoms with E-state index in [4.69, 9.17) is 5.26 Å². The lowest BCUT2D eigenvalue weighted by Gasteiger charge is -2.36. The molecule has 4 atom stereocenters. The first kappa shape index (κ1) is 17.7. The molecule has 8 heteroatoms. The number of alkyl halides is 3. The van der Waals surface area contributed by atoms with Gasteiger partial charge in [0.25, 0.3) is 0 Å². The zero-order valence-electron chi connectivity index (χ0n) is 14.3. The molecule has 1 aromatic carbocycles. The summed E-state index contributed by atoms with van der Waals surface area (Å²) in [4.78, 5) is 0. The smallest absolute Gasteiger partial charge is 0.269 e. The molecule has 26 heavy (non-hydrogen) atoms. The molecule has 0 aromatic heterocycles. The van der Waals surface area contributed by atoms with E-state index in [1.807, 2.05) is 6.92 Å². The molecular weight excluding hydrogens is 365 g/mol. The van der Waals surface area contributed by atoms with Gasteiger partial charge in [-0.15, -0.1) is 0 Å². The molecule has 2 saturated carbocycles. The van der Waals surface area contributed by atoms with E-state index in [0.29, 0.717) is 12.3 Å². The molecular formula is C18H19F3N2O2S. The van der Waals surface area contributed by atoms with Gasteiger partial charge in [0.2, 0.25) is 10.0 Å². The van der Waals surface area contributed by atoms with E-state index in [0.717, 1.165) is 31.4 Å². The third-order valence-corrected chi connectivity index (χ3v) is 9.59. The largest absolute Gasteiger partial charge is 0.417 e. The fraction of sp³-hybridized carbons (Fsp3) is 0.611. The van der Waals surface area contributed by atoms with Crippen LogP contribution in [0.4, 0.5) is 18.9 Å². The first-order chi connectivity index (χ1) is 12.2. The van der Waals surface area contributed by atoms with Crippen LogP contribution in [0, 0.1) is 29.1 Å². The first-order valence-electron chi connectivity index (χ1n) is 8.80. The average Bonchev–Trinajstić information content (AvgIpc) is 3.23. The molecule has 1 aliphatic heterocycles. The molecule has 3 fully saturated rings. The number of hydrogen-bond donors (Lipinski definition) is 0. The van der Waals surface area contributed by atoms with Gasteiger partial charge in [0.15, 0.2) is 0 Å². The van der Waals surface area contributed by atoms with Gasteiger partial charge in [-0.3, -0.25) is 4.31 Å². The second-order valence-corrected chi connectivity index (χ2v) is 9.71. The molecule has 0 N–H and O–H groups in total. The molecule has 2 bridgehead atoms. The Hall–Kier alpha value is -1.75. The van der Waals surface area contributed by atoms with Crippen LogP contribution < -0.4 is 4.31 Å². The summed E-state index contributed by atoms with van der Waals surface area (Å²) in [7, 11) is -3.76. The quantitative estimate of drug-likeness (QED) is 0.776. The van der Waals surface area contributed by atoms with Crippen LogP contribution >= 0.6 is 0 Å². The highest BCUT2D eigenvalue weighted by Gasteiger charge is 2.69. The standard InChI is InChI=1S/C18H19F3N2O2S/c1-2-17-13-5-3-11(7-13)16(17)10-23(26(17,24)25)14-6-4-12(9-22)15(8-14)18(19,20)21/h4,6,8,11,13,16H,2-3,5,7,10H2,1H3/t11-,13+,16-,17+/m0/s1. The highest BCUT2D eigenvalue weighted by Crippen LogP contribution is 2.63. The van der Waals surface area contributed by atoms with Gasteiger partial charge in [0.1, 0.15) is 0 Å². The van der Waals surface area contributed by atoms with Crippen LogP contribution in [0.25, 0.3) is 0 Å². The van der Waals surface area contributed by atoms with E-state index in [9.17, 15) is 21.6 Å². The van der Waals surface area contributed by atoms with Crippen LogP contribution in [0.15, 0.2) is 18.2 Å². The first-order valence-corrected chi connectivity index (χ1v) is 10.2. The van der Waals surface area contributed by atoms with Crippen molar-refractivity contribution in [3.8, 4) is 6.07 Å². The van der Waals surface area contributed by atoms with Crippen LogP contribution in [0.2, 0.25) is 0 Å². The van der Waals surface area contributed by atoms with Crippen molar-refractivity contribution in [3.05, 3.63) is 29.3 Å². The van der Waals surface area contributed by atoms with Crippen molar-refractivity contribution in [2.75, 3.05) is 10.8 Å². The number of hydrogen-bond acceptors (Lipinski definition) is 3. The number of nitriles is 1. The van der Waals surface area contributed by atoms with E-state index in [-0.39, 0.29) is 24.1 Å². The summed E-state index contributed by atoms with van der Waals surface area (Å²) < 4.78 is 67.0. The van der Waals surface area contributed by atoms with Gasteiger partial charge in [0.05, 0.1) is 27.6 Å². The van der Waals surface area contributed by atoms with Gasteiger partial charge < -0.3 is 0 Å². The Labute approximate surface area is 150 Å². The molecule has 1 heterocycles. The minimum atomic E-state index is -4.71. The third kappa shape index (κ3) is 2.04. The van der Waals surface area contributed by atoms with Crippen LogP contribution in [-0.4, -0.2) is 19.7 Å². The maximum Gasteiger partial charge on any atom is 0.417 e. The van der Waals surface area contributed by atoms with Gasteiger partial charge in [0, 0.05) is 12.5 Å².